The quantitative estimate of drug-likeness (QED) is 0.643. The van der Waals surface area contributed by atoms with Crippen LogP contribution < -0.4 is 5.73 Å². The summed E-state index contributed by atoms with van der Waals surface area (Å²) in [5.41, 5.74) is 5.53. The maximum atomic E-state index is 12.1. The van der Waals surface area contributed by atoms with E-state index in [9.17, 15) is 13.2 Å². The summed E-state index contributed by atoms with van der Waals surface area (Å²) in [6, 6.07) is 3.27. The van der Waals surface area contributed by atoms with Crippen LogP contribution in [0.15, 0.2) is 18.2 Å². The van der Waals surface area contributed by atoms with Crippen molar-refractivity contribution in [1.29, 1.82) is 0 Å². The van der Waals surface area contributed by atoms with Crippen molar-refractivity contribution in [3.63, 3.8) is 0 Å². The van der Waals surface area contributed by atoms with E-state index in [0.717, 1.165) is 12.1 Å². The van der Waals surface area contributed by atoms with E-state index < -0.39 is 11.7 Å². The minimum Gasteiger partial charge on any atom is -0.399 e. The highest BCUT2D eigenvalue weighted by Gasteiger charge is 2.30. The molecule has 0 amide bonds. The summed E-state index contributed by atoms with van der Waals surface area (Å²) >= 11 is 0. The molecule has 0 aliphatic carbocycles. The van der Waals surface area contributed by atoms with Crippen molar-refractivity contribution >= 4 is 5.69 Å². The molecule has 80 valence electrons. The Kier molecular flexibility index (Phi) is 4.47. The van der Waals surface area contributed by atoms with E-state index in [-0.39, 0.29) is 0 Å². The summed E-state index contributed by atoms with van der Waals surface area (Å²) in [7, 11) is 0. The molecule has 0 heterocycles. The van der Waals surface area contributed by atoms with Gasteiger partial charge in [0.2, 0.25) is 0 Å². The molecule has 0 saturated carbocycles. The van der Waals surface area contributed by atoms with E-state index in [2.05, 4.69) is 0 Å². The van der Waals surface area contributed by atoms with Crippen LogP contribution in [-0.4, -0.2) is 0 Å². The molecule has 1 rings (SSSR count). The molecule has 0 aromatic heterocycles. The Morgan fingerprint density at radius 3 is 2.00 bits per heavy atom. The zero-order valence-electron chi connectivity index (χ0n) is 8.44. The maximum absolute atomic E-state index is 12.1. The number of hydrogen-bond donors (Lipinski definition) is 1. The monoisotopic (exact) mass is 205 g/mol. The second kappa shape index (κ2) is 4.88. The number of hydrogen-bond acceptors (Lipinski definition) is 1. The molecule has 0 fully saturated rings. The van der Waals surface area contributed by atoms with Gasteiger partial charge in [-0.15, -0.1) is 0 Å². The van der Waals surface area contributed by atoms with Gasteiger partial charge in [0.1, 0.15) is 0 Å². The van der Waals surface area contributed by atoms with Gasteiger partial charge in [0.25, 0.3) is 0 Å². The zero-order chi connectivity index (χ0) is 11.4. The van der Waals surface area contributed by atoms with Gasteiger partial charge in [-0.25, -0.2) is 0 Å². The van der Waals surface area contributed by atoms with E-state index in [4.69, 9.17) is 5.73 Å². The summed E-state index contributed by atoms with van der Waals surface area (Å²) in [5, 5.41) is 0. The van der Waals surface area contributed by atoms with Gasteiger partial charge in [0, 0.05) is 5.69 Å². The SMILES string of the molecule is CC.Cc1cc(C(F)(F)F)ccc1N. The zero-order valence-corrected chi connectivity index (χ0v) is 8.44. The highest BCUT2D eigenvalue weighted by molar-refractivity contribution is 5.48. The molecule has 0 saturated heterocycles. The molecular formula is C10H14F3N. The van der Waals surface area contributed by atoms with Gasteiger partial charge in [-0.1, -0.05) is 13.8 Å². The van der Waals surface area contributed by atoms with E-state index >= 15 is 0 Å². The number of rotatable bonds is 0. The second-order valence-corrected chi connectivity index (χ2v) is 2.57. The Hall–Kier alpha value is -1.19. The van der Waals surface area contributed by atoms with Crippen LogP contribution in [-0.2, 0) is 6.18 Å². The van der Waals surface area contributed by atoms with Gasteiger partial charge < -0.3 is 5.73 Å². The first kappa shape index (κ1) is 12.8. The van der Waals surface area contributed by atoms with Crippen molar-refractivity contribution in [1.82, 2.24) is 0 Å². The average Bonchev–Trinajstić information content (AvgIpc) is 2.11. The first-order chi connectivity index (χ1) is 6.41. The first-order valence-electron chi connectivity index (χ1n) is 4.34. The Morgan fingerprint density at radius 2 is 1.64 bits per heavy atom. The van der Waals surface area contributed by atoms with Crippen LogP contribution in [0.5, 0.6) is 0 Å². The van der Waals surface area contributed by atoms with Crippen LogP contribution in [0.4, 0.5) is 18.9 Å². The Bertz CT molecular complexity index is 292. The van der Waals surface area contributed by atoms with Gasteiger partial charge >= 0.3 is 6.18 Å². The fourth-order valence-electron chi connectivity index (χ4n) is 0.852. The van der Waals surface area contributed by atoms with Gasteiger partial charge in [0.05, 0.1) is 5.56 Å². The summed E-state index contributed by atoms with van der Waals surface area (Å²) < 4.78 is 36.2. The third-order valence-electron chi connectivity index (χ3n) is 1.60. The Morgan fingerprint density at radius 1 is 1.14 bits per heavy atom. The summed E-state index contributed by atoms with van der Waals surface area (Å²) in [6.07, 6.45) is -4.28. The summed E-state index contributed by atoms with van der Waals surface area (Å²) in [4.78, 5) is 0. The predicted octanol–water partition coefficient (Wildman–Crippen LogP) is 3.62. The molecule has 1 aromatic rings. The summed E-state index contributed by atoms with van der Waals surface area (Å²) in [5.74, 6) is 0. The van der Waals surface area contributed by atoms with E-state index in [1.807, 2.05) is 13.8 Å². The van der Waals surface area contributed by atoms with Crippen LogP contribution in [0.25, 0.3) is 0 Å². The van der Waals surface area contributed by atoms with Gasteiger partial charge in [-0.3, -0.25) is 0 Å². The van der Waals surface area contributed by atoms with E-state index in [0.29, 0.717) is 11.3 Å². The van der Waals surface area contributed by atoms with Crippen molar-refractivity contribution in [2.24, 2.45) is 0 Å². The fourth-order valence-corrected chi connectivity index (χ4v) is 0.852. The number of anilines is 1. The van der Waals surface area contributed by atoms with Crippen molar-refractivity contribution in [3.8, 4) is 0 Å². The van der Waals surface area contributed by atoms with Gasteiger partial charge in [0.15, 0.2) is 0 Å². The van der Waals surface area contributed by atoms with Crippen LogP contribution in [0.3, 0.4) is 0 Å². The van der Waals surface area contributed by atoms with Crippen LogP contribution in [0.2, 0.25) is 0 Å². The number of benzene rings is 1. The topological polar surface area (TPSA) is 26.0 Å². The van der Waals surface area contributed by atoms with Crippen LogP contribution >= 0.6 is 0 Å². The second-order valence-electron chi connectivity index (χ2n) is 2.57. The molecule has 14 heavy (non-hydrogen) atoms. The Labute approximate surface area is 81.7 Å². The molecule has 0 unspecified atom stereocenters. The van der Waals surface area contributed by atoms with E-state index in [1.54, 1.807) is 6.92 Å². The molecular weight excluding hydrogens is 191 g/mol. The number of nitrogen functional groups attached to an aromatic ring is 1. The highest BCUT2D eigenvalue weighted by atomic mass is 19.4. The number of nitrogens with two attached hydrogens (primary N) is 1. The highest BCUT2D eigenvalue weighted by Crippen LogP contribution is 2.30. The van der Waals surface area contributed by atoms with Crippen LogP contribution in [0, 0.1) is 6.92 Å². The lowest BCUT2D eigenvalue weighted by Crippen LogP contribution is -2.05. The minimum atomic E-state index is -4.28. The molecule has 1 aromatic carbocycles. The maximum Gasteiger partial charge on any atom is 0.416 e. The molecule has 0 atom stereocenters. The molecule has 0 spiro atoms. The van der Waals surface area contributed by atoms with Gasteiger partial charge in [-0.05, 0) is 30.7 Å². The molecule has 4 heteroatoms. The third kappa shape index (κ3) is 3.28. The third-order valence-corrected chi connectivity index (χ3v) is 1.60. The molecule has 0 aliphatic rings. The first-order valence-corrected chi connectivity index (χ1v) is 4.34. The molecule has 2 N–H and O–H groups in total. The Balaban J connectivity index is 0.000000791. The smallest absolute Gasteiger partial charge is 0.399 e. The summed E-state index contributed by atoms with van der Waals surface area (Å²) in [6.45, 7) is 5.55. The van der Waals surface area contributed by atoms with Crippen molar-refractivity contribution in [2.45, 2.75) is 26.9 Å². The molecule has 0 aliphatic heterocycles. The lowest BCUT2D eigenvalue weighted by atomic mass is 10.1. The molecule has 0 radical (unpaired) electrons. The van der Waals surface area contributed by atoms with Crippen molar-refractivity contribution in [3.05, 3.63) is 29.3 Å². The number of alkyl halides is 3. The molecule has 0 bridgehead atoms. The standard InChI is InChI=1S/C8H8F3N.C2H6/c1-5-4-6(8(9,10)11)2-3-7(5)12;1-2/h2-4H,12H2,1H3;1-2H3. The average molecular weight is 205 g/mol. The minimum absolute atomic E-state index is 0.378. The van der Waals surface area contributed by atoms with Gasteiger partial charge in [-0.2, -0.15) is 13.2 Å². The fraction of sp³-hybridized carbons (Fsp3) is 0.400. The van der Waals surface area contributed by atoms with E-state index in [1.165, 1.54) is 6.07 Å². The van der Waals surface area contributed by atoms with Crippen LogP contribution in [0.1, 0.15) is 25.0 Å². The largest absolute Gasteiger partial charge is 0.416 e. The molecule has 1 nitrogen and oxygen atoms in total. The van der Waals surface area contributed by atoms with Crippen molar-refractivity contribution in [2.75, 3.05) is 5.73 Å². The lowest BCUT2D eigenvalue weighted by molar-refractivity contribution is -0.137. The number of aryl methyl sites for hydroxylation is 1. The van der Waals surface area contributed by atoms with Crippen molar-refractivity contribution < 1.29 is 13.2 Å². The predicted molar refractivity (Wildman–Crippen MR) is 51.9 cm³/mol. The number of halogens is 3. The lowest BCUT2D eigenvalue weighted by Gasteiger charge is -2.08. The normalized spacial score (nSPS) is 10.4.